The van der Waals surface area contributed by atoms with Gasteiger partial charge in [0.05, 0.1) is 18.0 Å². The first-order chi connectivity index (χ1) is 7.87. The molecule has 0 radical (unpaired) electrons. The molecule has 2 heteroatoms. The van der Waals surface area contributed by atoms with E-state index in [2.05, 4.69) is 33.9 Å². The zero-order valence-electron chi connectivity index (χ0n) is 11.3. The topological polar surface area (TPSA) is 18.5 Å². The van der Waals surface area contributed by atoms with Crippen LogP contribution >= 0.6 is 0 Å². The highest BCUT2D eigenvalue weighted by Gasteiger charge is 2.42. The summed E-state index contributed by atoms with van der Waals surface area (Å²) in [5, 5.41) is 0. The lowest BCUT2D eigenvalue weighted by Crippen LogP contribution is -2.29. The van der Waals surface area contributed by atoms with Crippen molar-refractivity contribution in [1.29, 1.82) is 0 Å². The molecule has 2 fully saturated rings. The minimum Gasteiger partial charge on any atom is -0.488 e. The van der Waals surface area contributed by atoms with Crippen LogP contribution in [-0.4, -0.2) is 18.3 Å². The summed E-state index contributed by atoms with van der Waals surface area (Å²) in [6, 6.07) is 0. The second-order valence-corrected chi connectivity index (χ2v) is 6.45. The van der Waals surface area contributed by atoms with E-state index >= 15 is 0 Å². The highest BCUT2D eigenvalue weighted by molar-refractivity contribution is 5.20. The van der Waals surface area contributed by atoms with Gasteiger partial charge in [-0.3, -0.25) is 0 Å². The molecule has 2 rings (SSSR count). The Morgan fingerprint density at radius 2 is 2.00 bits per heavy atom. The van der Waals surface area contributed by atoms with Gasteiger partial charge in [0, 0.05) is 6.42 Å². The molecule has 0 amide bonds. The Hall–Kier alpha value is -0.760. The van der Waals surface area contributed by atoms with E-state index in [0.29, 0.717) is 5.41 Å². The Balaban J connectivity index is 1.94. The van der Waals surface area contributed by atoms with E-state index in [1.165, 1.54) is 0 Å². The van der Waals surface area contributed by atoms with Crippen molar-refractivity contribution in [2.24, 2.45) is 5.41 Å². The molecule has 17 heavy (non-hydrogen) atoms. The van der Waals surface area contributed by atoms with Gasteiger partial charge in [-0.2, -0.15) is 0 Å². The molecule has 0 saturated carbocycles. The van der Waals surface area contributed by atoms with Crippen LogP contribution in [0.5, 0.6) is 0 Å². The van der Waals surface area contributed by atoms with Gasteiger partial charge in [0.1, 0.15) is 6.10 Å². The van der Waals surface area contributed by atoms with E-state index in [0.717, 1.165) is 37.0 Å². The molecular weight excluding hydrogens is 212 g/mol. The van der Waals surface area contributed by atoms with Gasteiger partial charge in [-0.1, -0.05) is 33.9 Å². The molecule has 0 bridgehead atoms. The maximum Gasteiger partial charge on any atom is 0.148 e. The fourth-order valence-electron chi connectivity index (χ4n) is 2.52. The van der Waals surface area contributed by atoms with Crippen LogP contribution in [0.4, 0.5) is 0 Å². The van der Waals surface area contributed by atoms with Crippen molar-refractivity contribution in [3.05, 3.63) is 24.5 Å². The molecule has 2 unspecified atom stereocenters. The number of ether oxygens (including phenoxy) is 2. The minimum absolute atomic E-state index is 0.0567. The zero-order chi connectivity index (χ0) is 12.6. The number of fused-ring (bicyclic) bond motifs is 1. The molecular formula is C15H24O2. The van der Waals surface area contributed by atoms with Gasteiger partial charge in [0.15, 0.2) is 0 Å². The lowest BCUT2D eigenvalue weighted by molar-refractivity contribution is -0.0312. The molecule has 0 aromatic rings. The zero-order valence-corrected chi connectivity index (χ0v) is 11.3. The Morgan fingerprint density at radius 3 is 2.65 bits per heavy atom. The van der Waals surface area contributed by atoms with Crippen molar-refractivity contribution < 1.29 is 9.47 Å². The third-order valence-electron chi connectivity index (χ3n) is 3.61. The number of allylic oxidation sites excluding steroid dienone is 1. The monoisotopic (exact) mass is 236 g/mol. The fraction of sp³-hybridized carbons (Fsp3) is 0.733. The summed E-state index contributed by atoms with van der Waals surface area (Å²) in [5.74, 6) is 0.882. The van der Waals surface area contributed by atoms with Gasteiger partial charge < -0.3 is 9.47 Å². The summed E-state index contributed by atoms with van der Waals surface area (Å²) < 4.78 is 11.8. The van der Waals surface area contributed by atoms with E-state index in [1.54, 1.807) is 0 Å². The van der Waals surface area contributed by atoms with Crippen LogP contribution in [0.3, 0.4) is 0 Å². The lowest BCUT2D eigenvalue weighted by Gasteiger charge is -2.26. The molecule has 96 valence electrons. The molecule has 0 aromatic heterocycles. The normalized spacial score (nSPS) is 33.5. The van der Waals surface area contributed by atoms with Gasteiger partial charge in [-0.15, -0.1) is 0 Å². The quantitative estimate of drug-likeness (QED) is 0.678. The average Bonchev–Trinajstić information content (AvgIpc) is 2.52. The first-order valence-corrected chi connectivity index (χ1v) is 6.55. The van der Waals surface area contributed by atoms with Crippen LogP contribution in [0, 0.1) is 5.41 Å². The van der Waals surface area contributed by atoms with Crippen molar-refractivity contribution in [2.75, 3.05) is 0 Å². The molecule has 2 nitrogen and oxygen atoms in total. The molecule has 0 aliphatic carbocycles. The van der Waals surface area contributed by atoms with Crippen molar-refractivity contribution >= 4 is 0 Å². The molecule has 0 spiro atoms. The maximum absolute atomic E-state index is 6.06. The van der Waals surface area contributed by atoms with E-state index in [-0.39, 0.29) is 18.3 Å². The van der Waals surface area contributed by atoms with Gasteiger partial charge in [0.2, 0.25) is 0 Å². The van der Waals surface area contributed by atoms with Gasteiger partial charge in [-0.25, -0.2) is 0 Å². The van der Waals surface area contributed by atoms with E-state index in [4.69, 9.17) is 9.47 Å². The molecule has 2 saturated heterocycles. The first kappa shape index (κ1) is 12.7. The first-order valence-electron chi connectivity index (χ1n) is 6.55. The van der Waals surface area contributed by atoms with Crippen LogP contribution in [0.25, 0.3) is 0 Å². The van der Waals surface area contributed by atoms with Gasteiger partial charge in [0.25, 0.3) is 0 Å². The largest absolute Gasteiger partial charge is 0.488 e. The molecule has 0 N–H and O–H groups in total. The predicted molar refractivity (Wildman–Crippen MR) is 69.7 cm³/mol. The third kappa shape index (κ3) is 2.92. The number of hydrogen-bond acceptors (Lipinski definition) is 2. The summed E-state index contributed by atoms with van der Waals surface area (Å²) in [6.07, 6.45) is 4.58. The SMILES string of the molecule is C=C1CCC2OC(CCC(C)(C)C)C(=C)[C@@H]2O1. The number of rotatable bonds is 2. The molecule has 2 aliphatic heterocycles. The molecule has 3 atom stereocenters. The molecule has 2 heterocycles. The highest BCUT2D eigenvalue weighted by atomic mass is 16.6. The smallest absolute Gasteiger partial charge is 0.148 e. The van der Waals surface area contributed by atoms with E-state index in [9.17, 15) is 0 Å². The fourth-order valence-corrected chi connectivity index (χ4v) is 2.52. The Morgan fingerprint density at radius 1 is 1.29 bits per heavy atom. The summed E-state index contributed by atoms with van der Waals surface area (Å²) in [7, 11) is 0. The second kappa shape index (κ2) is 4.49. The molecule has 2 aliphatic rings. The lowest BCUT2D eigenvalue weighted by atomic mass is 9.87. The van der Waals surface area contributed by atoms with Crippen LogP contribution in [0.15, 0.2) is 24.5 Å². The third-order valence-corrected chi connectivity index (χ3v) is 3.61. The molecule has 0 aromatic carbocycles. The van der Waals surface area contributed by atoms with Crippen molar-refractivity contribution in [3.8, 4) is 0 Å². The number of hydrogen-bond donors (Lipinski definition) is 0. The van der Waals surface area contributed by atoms with Crippen molar-refractivity contribution in [3.63, 3.8) is 0 Å². The minimum atomic E-state index is 0.0567. The average molecular weight is 236 g/mol. The van der Waals surface area contributed by atoms with Crippen LogP contribution in [-0.2, 0) is 9.47 Å². The van der Waals surface area contributed by atoms with Crippen LogP contribution in [0.1, 0.15) is 46.5 Å². The van der Waals surface area contributed by atoms with E-state index < -0.39 is 0 Å². The van der Waals surface area contributed by atoms with Gasteiger partial charge >= 0.3 is 0 Å². The maximum atomic E-state index is 6.06. The Labute approximate surface area is 105 Å². The van der Waals surface area contributed by atoms with Crippen LogP contribution in [0.2, 0.25) is 0 Å². The summed E-state index contributed by atoms with van der Waals surface area (Å²) in [6.45, 7) is 14.8. The predicted octanol–water partition coefficient (Wildman–Crippen LogP) is 3.83. The standard InChI is InChI=1S/C15H24O2/c1-10-6-7-13-14(16-10)11(2)12(17-13)8-9-15(3,4)5/h12-14H,1-2,6-9H2,3-5H3/t12?,13?,14-/m0/s1. The second-order valence-electron chi connectivity index (χ2n) is 6.45. The Bertz CT molecular complexity index is 324. The van der Waals surface area contributed by atoms with Crippen LogP contribution < -0.4 is 0 Å². The summed E-state index contributed by atoms with van der Waals surface area (Å²) >= 11 is 0. The van der Waals surface area contributed by atoms with E-state index in [1.807, 2.05) is 0 Å². The van der Waals surface area contributed by atoms with Crippen molar-refractivity contribution in [1.82, 2.24) is 0 Å². The van der Waals surface area contributed by atoms with Crippen molar-refractivity contribution in [2.45, 2.75) is 64.8 Å². The summed E-state index contributed by atoms with van der Waals surface area (Å²) in [4.78, 5) is 0. The Kier molecular flexibility index (Phi) is 3.35. The highest BCUT2D eigenvalue weighted by Crippen LogP contribution is 2.39. The summed E-state index contributed by atoms with van der Waals surface area (Å²) in [5.41, 5.74) is 1.46. The van der Waals surface area contributed by atoms with Gasteiger partial charge in [-0.05, 0) is 30.3 Å².